The Hall–Kier alpha value is -6.37. The van der Waals surface area contributed by atoms with Gasteiger partial charge >= 0.3 is 0 Å². The van der Waals surface area contributed by atoms with Crippen molar-refractivity contribution in [1.82, 2.24) is 24.9 Å². The summed E-state index contributed by atoms with van der Waals surface area (Å²) in [6.07, 6.45) is 0. The Bertz CT molecular complexity index is 2590. The maximum Gasteiger partial charge on any atom is 0.165 e. The van der Waals surface area contributed by atoms with Crippen molar-refractivity contribution >= 4 is 31.6 Å². The zero-order valence-corrected chi connectivity index (χ0v) is 27.0. The molecule has 230 valence electrons. The minimum absolute atomic E-state index is 0.614. The first kappa shape index (κ1) is 28.8. The van der Waals surface area contributed by atoms with Gasteiger partial charge in [0.2, 0.25) is 0 Å². The highest BCUT2D eigenvalue weighted by Crippen LogP contribution is 2.43. The number of thiophene rings is 1. The van der Waals surface area contributed by atoms with E-state index in [0.29, 0.717) is 23.3 Å². The van der Waals surface area contributed by atoms with E-state index in [1.54, 1.807) is 11.3 Å². The lowest BCUT2D eigenvalue weighted by Crippen LogP contribution is -2.00. The van der Waals surface area contributed by atoms with Crippen LogP contribution >= 0.6 is 11.3 Å². The molecule has 9 rings (SSSR count). The van der Waals surface area contributed by atoms with Gasteiger partial charge < -0.3 is 0 Å². The van der Waals surface area contributed by atoms with E-state index in [1.807, 2.05) is 60.7 Å². The van der Waals surface area contributed by atoms with Crippen molar-refractivity contribution in [1.29, 1.82) is 0 Å². The third-order valence-electron chi connectivity index (χ3n) is 8.56. The molecule has 6 heteroatoms. The van der Waals surface area contributed by atoms with E-state index >= 15 is 0 Å². The molecular formula is C43H27N5S. The quantitative estimate of drug-likeness (QED) is 0.180. The van der Waals surface area contributed by atoms with Crippen molar-refractivity contribution in [3.63, 3.8) is 0 Å². The van der Waals surface area contributed by atoms with Crippen molar-refractivity contribution < 1.29 is 0 Å². The topological polar surface area (TPSA) is 64.5 Å². The molecule has 3 aromatic heterocycles. The Balaban J connectivity index is 1.28. The third kappa shape index (κ3) is 5.44. The lowest BCUT2D eigenvalue weighted by Gasteiger charge is -2.10. The number of hydrogen-bond acceptors (Lipinski definition) is 6. The average molecular weight is 646 g/mol. The Morgan fingerprint density at radius 2 is 0.816 bits per heavy atom. The first-order valence-corrected chi connectivity index (χ1v) is 16.9. The maximum absolute atomic E-state index is 5.17. The minimum Gasteiger partial charge on any atom is -0.226 e. The molecule has 0 saturated carbocycles. The largest absolute Gasteiger partial charge is 0.226 e. The zero-order chi connectivity index (χ0) is 32.6. The van der Waals surface area contributed by atoms with Crippen LogP contribution in [0, 0.1) is 0 Å². The molecule has 0 aliphatic carbocycles. The fraction of sp³-hybridized carbons (Fsp3) is 0. The van der Waals surface area contributed by atoms with Gasteiger partial charge in [-0.2, -0.15) is 0 Å². The van der Waals surface area contributed by atoms with Gasteiger partial charge in [0, 0.05) is 37.9 Å². The second kappa shape index (κ2) is 12.3. The second-order valence-corrected chi connectivity index (χ2v) is 12.7. The van der Waals surface area contributed by atoms with Crippen molar-refractivity contribution in [2.24, 2.45) is 0 Å². The van der Waals surface area contributed by atoms with E-state index in [2.05, 4.69) is 103 Å². The Labute approximate surface area is 287 Å². The van der Waals surface area contributed by atoms with E-state index < -0.39 is 0 Å². The molecule has 0 saturated heterocycles. The summed E-state index contributed by atoms with van der Waals surface area (Å²) >= 11 is 1.69. The van der Waals surface area contributed by atoms with Crippen molar-refractivity contribution in [3.05, 3.63) is 164 Å². The number of hydrogen-bond donors (Lipinski definition) is 0. The predicted octanol–water partition coefficient (Wildman–Crippen LogP) is 11.0. The first-order valence-electron chi connectivity index (χ1n) is 16.1. The lowest BCUT2D eigenvalue weighted by molar-refractivity contribution is 1.08. The summed E-state index contributed by atoms with van der Waals surface area (Å²) in [7, 11) is 0. The highest BCUT2D eigenvalue weighted by Gasteiger charge is 2.21. The van der Waals surface area contributed by atoms with Gasteiger partial charge in [-0.1, -0.05) is 152 Å². The van der Waals surface area contributed by atoms with Crippen LogP contribution in [0.1, 0.15) is 0 Å². The van der Waals surface area contributed by atoms with Gasteiger partial charge in [0.1, 0.15) is 0 Å². The molecule has 0 atom stereocenters. The van der Waals surface area contributed by atoms with Gasteiger partial charge in [-0.25, -0.2) is 24.9 Å². The van der Waals surface area contributed by atoms with E-state index in [1.165, 1.54) is 0 Å². The number of fused-ring (bicyclic) bond motifs is 3. The fourth-order valence-electron chi connectivity index (χ4n) is 6.16. The Kier molecular flexibility index (Phi) is 7.26. The summed E-state index contributed by atoms with van der Waals surface area (Å²) in [5, 5.41) is 1.04. The fourth-order valence-corrected chi connectivity index (χ4v) is 7.42. The zero-order valence-electron chi connectivity index (χ0n) is 26.2. The van der Waals surface area contributed by atoms with Crippen LogP contribution < -0.4 is 0 Å². The molecule has 0 fully saturated rings. The Morgan fingerprint density at radius 3 is 1.47 bits per heavy atom. The summed E-state index contributed by atoms with van der Waals surface area (Å²) in [6, 6.07) is 55.7. The molecule has 49 heavy (non-hydrogen) atoms. The van der Waals surface area contributed by atoms with Crippen LogP contribution in [0.5, 0.6) is 0 Å². The predicted molar refractivity (Wildman–Crippen MR) is 201 cm³/mol. The molecule has 0 aliphatic heterocycles. The summed E-state index contributed by atoms with van der Waals surface area (Å²) in [5.74, 6) is 2.56. The van der Waals surface area contributed by atoms with Crippen molar-refractivity contribution in [2.75, 3.05) is 0 Å². The molecule has 6 aromatic carbocycles. The number of aromatic nitrogens is 5. The number of benzene rings is 6. The monoisotopic (exact) mass is 645 g/mol. The minimum atomic E-state index is 0.614. The van der Waals surface area contributed by atoms with E-state index in [0.717, 1.165) is 64.9 Å². The molecule has 0 aliphatic rings. The van der Waals surface area contributed by atoms with Crippen LogP contribution in [0.25, 0.3) is 88.2 Å². The molecule has 3 heterocycles. The molecule has 5 nitrogen and oxygen atoms in total. The average Bonchev–Trinajstić information content (AvgIpc) is 3.58. The van der Waals surface area contributed by atoms with E-state index in [9.17, 15) is 0 Å². The highest BCUT2D eigenvalue weighted by molar-refractivity contribution is 7.26. The molecular weight excluding hydrogens is 619 g/mol. The molecule has 9 aromatic rings. The van der Waals surface area contributed by atoms with E-state index in [-0.39, 0.29) is 0 Å². The van der Waals surface area contributed by atoms with Crippen LogP contribution in [-0.2, 0) is 0 Å². The summed E-state index contributed by atoms with van der Waals surface area (Å²) in [4.78, 5) is 25.6. The third-order valence-corrected chi connectivity index (χ3v) is 9.79. The molecule has 0 N–H and O–H groups in total. The van der Waals surface area contributed by atoms with Gasteiger partial charge in [-0.15, -0.1) is 11.3 Å². The smallest absolute Gasteiger partial charge is 0.165 e. The molecule has 0 amide bonds. The number of rotatable bonds is 6. The van der Waals surface area contributed by atoms with Gasteiger partial charge in [-0.3, -0.25) is 0 Å². The van der Waals surface area contributed by atoms with Crippen LogP contribution in [0.2, 0.25) is 0 Å². The van der Waals surface area contributed by atoms with Gasteiger partial charge in [0.25, 0.3) is 0 Å². The normalized spacial score (nSPS) is 11.3. The molecule has 0 radical (unpaired) electrons. The molecule has 0 unspecified atom stereocenters. The standard InChI is InChI=1S/C43H27N5S/c1-5-15-28(16-6-1)32-23-13-24-33(27-32)42-46-41(31-21-11-4-12-22-31)47-43(48-42)35-26-14-25-34-37-39(49-38(34)35)36(29-17-7-2-8-18-29)44-40(45-37)30-19-9-3-10-20-30/h1-27H. The summed E-state index contributed by atoms with van der Waals surface area (Å²) < 4.78 is 2.09. The van der Waals surface area contributed by atoms with Gasteiger partial charge in [0.05, 0.1) is 15.9 Å². The highest BCUT2D eigenvalue weighted by atomic mass is 32.1. The van der Waals surface area contributed by atoms with E-state index in [4.69, 9.17) is 24.9 Å². The number of nitrogens with zero attached hydrogens (tertiary/aromatic N) is 5. The van der Waals surface area contributed by atoms with Crippen LogP contribution in [0.15, 0.2) is 164 Å². The summed E-state index contributed by atoms with van der Waals surface area (Å²) in [6.45, 7) is 0. The Morgan fingerprint density at radius 1 is 0.327 bits per heavy atom. The SMILES string of the molecule is c1ccc(-c2cccc(-c3nc(-c4ccccc4)nc(-c4cccc5c4sc4c(-c6ccccc6)nc(-c6ccccc6)nc45)n3)c2)cc1. The van der Waals surface area contributed by atoms with Crippen molar-refractivity contribution in [2.45, 2.75) is 0 Å². The summed E-state index contributed by atoms with van der Waals surface area (Å²) in [5.41, 5.74) is 8.89. The second-order valence-electron chi connectivity index (χ2n) is 11.7. The van der Waals surface area contributed by atoms with Crippen LogP contribution in [0.4, 0.5) is 0 Å². The van der Waals surface area contributed by atoms with Crippen LogP contribution in [0.3, 0.4) is 0 Å². The first-order chi connectivity index (χ1) is 24.3. The lowest BCUT2D eigenvalue weighted by atomic mass is 10.0. The molecule has 0 spiro atoms. The van der Waals surface area contributed by atoms with Crippen molar-refractivity contribution in [3.8, 4) is 67.9 Å². The van der Waals surface area contributed by atoms with Gasteiger partial charge in [-0.05, 0) is 23.3 Å². The van der Waals surface area contributed by atoms with Gasteiger partial charge in [0.15, 0.2) is 23.3 Å². The maximum atomic E-state index is 5.17. The molecule has 0 bridgehead atoms. The van der Waals surface area contributed by atoms with Crippen LogP contribution in [-0.4, -0.2) is 24.9 Å².